The summed E-state index contributed by atoms with van der Waals surface area (Å²) in [7, 11) is 0. The lowest BCUT2D eigenvalue weighted by molar-refractivity contribution is 0.320. The fourth-order valence-electron chi connectivity index (χ4n) is 1.20. The standard InChI is InChI=1S/C6H8N2O/c1-3-4(2)6-5(3)7-8-9-6/h3-4H,1-2H3/t3-,4+/m0/s1. The quantitative estimate of drug-likeness (QED) is 0.523. The first-order chi connectivity index (χ1) is 4.30. The van der Waals surface area contributed by atoms with Crippen molar-refractivity contribution in [1.82, 2.24) is 10.4 Å². The topological polar surface area (TPSA) is 38.9 Å². The van der Waals surface area contributed by atoms with E-state index in [1.807, 2.05) is 0 Å². The van der Waals surface area contributed by atoms with Gasteiger partial charge in [-0.1, -0.05) is 13.8 Å². The van der Waals surface area contributed by atoms with Crippen LogP contribution in [0, 0.1) is 0 Å². The fraction of sp³-hybridized carbons (Fsp3) is 0.667. The minimum absolute atomic E-state index is 0.523. The molecule has 2 rings (SSSR count). The Morgan fingerprint density at radius 2 is 2.11 bits per heavy atom. The average Bonchev–Trinajstić information content (AvgIpc) is 2.30. The van der Waals surface area contributed by atoms with E-state index < -0.39 is 0 Å². The second-order valence-electron chi connectivity index (χ2n) is 2.60. The molecule has 48 valence electrons. The minimum atomic E-state index is 0.523. The zero-order chi connectivity index (χ0) is 6.43. The van der Waals surface area contributed by atoms with Gasteiger partial charge in [-0.25, -0.2) is 0 Å². The van der Waals surface area contributed by atoms with Crippen molar-refractivity contribution in [2.45, 2.75) is 25.7 Å². The van der Waals surface area contributed by atoms with Crippen LogP contribution in [-0.2, 0) is 0 Å². The number of fused-ring (bicyclic) bond motifs is 1. The molecule has 0 spiro atoms. The summed E-state index contributed by atoms with van der Waals surface area (Å²) >= 11 is 0. The molecule has 3 heteroatoms. The molecule has 0 amide bonds. The summed E-state index contributed by atoms with van der Waals surface area (Å²) < 4.78 is 4.87. The molecule has 0 fully saturated rings. The van der Waals surface area contributed by atoms with Gasteiger partial charge in [-0.15, -0.1) is 5.10 Å². The van der Waals surface area contributed by atoms with Crippen LogP contribution in [0.3, 0.4) is 0 Å². The zero-order valence-corrected chi connectivity index (χ0v) is 5.46. The van der Waals surface area contributed by atoms with Crippen LogP contribution in [0.1, 0.15) is 37.1 Å². The van der Waals surface area contributed by atoms with Crippen molar-refractivity contribution in [1.29, 1.82) is 0 Å². The summed E-state index contributed by atoms with van der Waals surface area (Å²) in [4.78, 5) is 0. The first-order valence-corrected chi connectivity index (χ1v) is 3.13. The van der Waals surface area contributed by atoms with Crippen molar-refractivity contribution in [3.63, 3.8) is 0 Å². The average molecular weight is 124 g/mol. The maximum Gasteiger partial charge on any atom is 0.164 e. The van der Waals surface area contributed by atoms with Crippen LogP contribution in [0.4, 0.5) is 0 Å². The lowest BCUT2D eigenvalue weighted by Gasteiger charge is -2.24. The Morgan fingerprint density at radius 3 is 2.78 bits per heavy atom. The number of rotatable bonds is 0. The molecule has 9 heavy (non-hydrogen) atoms. The van der Waals surface area contributed by atoms with Gasteiger partial charge >= 0.3 is 0 Å². The molecule has 0 aromatic carbocycles. The van der Waals surface area contributed by atoms with Crippen molar-refractivity contribution >= 4 is 0 Å². The molecule has 0 radical (unpaired) electrons. The number of nitrogens with zero attached hydrogens (tertiary/aromatic N) is 2. The SMILES string of the molecule is C[C@@H]1c2nnoc2[C@@H]1C. The molecule has 0 N–H and O–H groups in total. The van der Waals surface area contributed by atoms with Crippen LogP contribution < -0.4 is 0 Å². The Bertz CT molecular complexity index is 208. The maximum atomic E-state index is 4.87. The molecule has 0 bridgehead atoms. The first kappa shape index (κ1) is 4.97. The molecule has 1 aliphatic carbocycles. The van der Waals surface area contributed by atoms with E-state index in [-0.39, 0.29) is 0 Å². The van der Waals surface area contributed by atoms with Crippen molar-refractivity contribution in [3.05, 3.63) is 11.5 Å². The lowest BCUT2D eigenvalue weighted by Crippen LogP contribution is -2.17. The molecule has 1 heterocycles. The summed E-state index contributed by atoms with van der Waals surface area (Å²) in [5, 5.41) is 7.28. The third-order valence-electron chi connectivity index (χ3n) is 2.14. The van der Waals surface area contributed by atoms with Gasteiger partial charge in [-0.3, -0.25) is 0 Å². The highest BCUT2D eigenvalue weighted by Crippen LogP contribution is 2.43. The summed E-state index contributed by atoms with van der Waals surface area (Å²) in [6.45, 7) is 4.26. The molecular weight excluding hydrogens is 116 g/mol. The van der Waals surface area contributed by atoms with Crippen LogP contribution in [0.15, 0.2) is 4.52 Å². The molecule has 1 aliphatic rings. The van der Waals surface area contributed by atoms with E-state index in [9.17, 15) is 0 Å². The highest BCUT2D eigenvalue weighted by Gasteiger charge is 2.37. The Balaban J connectivity index is 2.50. The second-order valence-corrected chi connectivity index (χ2v) is 2.60. The van der Waals surface area contributed by atoms with Gasteiger partial charge in [0.05, 0.1) is 0 Å². The van der Waals surface area contributed by atoms with Crippen molar-refractivity contribution in [2.24, 2.45) is 0 Å². The number of hydrogen-bond acceptors (Lipinski definition) is 3. The molecule has 2 atom stereocenters. The number of aromatic nitrogens is 2. The van der Waals surface area contributed by atoms with E-state index in [4.69, 9.17) is 4.52 Å². The monoisotopic (exact) mass is 124 g/mol. The fourth-order valence-corrected chi connectivity index (χ4v) is 1.20. The van der Waals surface area contributed by atoms with Crippen LogP contribution in [0.5, 0.6) is 0 Å². The van der Waals surface area contributed by atoms with Crippen molar-refractivity contribution in [2.75, 3.05) is 0 Å². The number of hydrogen-bond donors (Lipinski definition) is 0. The van der Waals surface area contributed by atoms with Crippen LogP contribution >= 0.6 is 0 Å². The van der Waals surface area contributed by atoms with E-state index in [0.29, 0.717) is 11.8 Å². The van der Waals surface area contributed by atoms with E-state index in [1.54, 1.807) is 0 Å². The minimum Gasteiger partial charge on any atom is -0.342 e. The van der Waals surface area contributed by atoms with E-state index >= 15 is 0 Å². The van der Waals surface area contributed by atoms with Gasteiger partial charge in [0.2, 0.25) is 0 Å². The first-order valence-electron chi connectivity index (χ1n) is 3.13. The van der Waals surface area contributed by atoms with Gasteiger partial charge in [0.1, 0.15) is 5.69 Å². The summed E-state index contributed by atoms with van der Waals surface area (Å²) in [6.07, 6.45) is 0. The van der Waals surface area contributed by atoms with Gasteiger partial charge in [-0.2, -0.15) is 0 Å². The Morgan fingerprint density at radius 1 is 1.33 bits per heavy atom. The maximum absolute atomic E-state index is 4.87. The zero-order valence-electron chi connectivity index (χ0n) is 5.46. The van der Waals surface area contributed by atoms with E-state index in [0.717, 1.165) is 11.5 Å². The molecule has 0 aliphatic heterocycles. The third-order valence-corrected chi connectivity index (χ3v) is 2.14. The van der Waals surface area contributed by atoms with Gasteiger partial charge in [0.25, 0.3) is 0 Å². The molecular formula is C6H8N2O. The predicted molar refractivity (Wildman–Crippen MR) is 31.1 cm³/mol. The molecule has 0 unspecified atom stereocenters. The van der Waals surface area contributed by atoms with E-state index in [2.05, 4.69) is 24.2 Å². The molecule has 1 aromatic rings. The Kier molecular flexibility index (Phi) is 0.743. The summed E-state index contributed by atoms with van der Waals surface area (Å²) in [6, 6.07) is 0. The largest absolute Gasteiger partial charge is 0.342 e. The van der Waals surface area contributed by atoms with Gasteiger partial charge in [-0.05, 0) is 0 Å². The molecule has 0 saturated carbocycles. The lowest BCUT2D eigenvalue weighted by atomic mass is 9.78. The smallest absolute Gasteiger partial charge is 0.164 e. The van der Waals surface area contributed by atoms with Crippen LogP contribution in [-0.4, -0.2) is 10.4 Å². The molecule has 3 nitrogen and oxygen atoms in total. The van der Waals surface area contributed by atoms with Crippen molar-refractivity contribution < 1.29 is 4.52 Å². The summed E-state index contributed by atoms with van der Waals surface area (Å²) in [5.41, 5.74) is 1.04. The van der Waals surface area contributed by atoms with Gasteiger partial charge in [0.15, 0.2) is 5.76 Å². The molecule has 1 aromatic heterocycles. The Labute approximate surface area is 53.0 Å². The van der Waals surface area contributed by atoms with Crippen LogP contribution in [0.25, 0.3) is 0 Å². The van der Waals surface area contributed by atoms with Crippen molar-refractivity contribution in [3.8, 4) is 0 Å². The third kappa shape index (κ3) is 0.422. The van der Waals surface area contributed by atoms with Crippen LogP contribution in [0.2, 0.25) is 0 Å². The summed E-state index contributed by atoms with van der Waals surface area (Å²) in [5.74, 6) is 2.05. The van der Waals surface area contributed by atoms with Gasteiger partial charge in [0, 0.05) is 17.1 Å². The predicted octanol–water partition coefficient (Wildman–Crippen LogP) is 1.29. The highest BCUT2D eigenvalue weighted by molar-refractivity contribution is 5.29. The van der Waals surface area contributed by atoms with E-state index in [1.165, 1.54) is 0 Å². The Hall–Kier alpha value is -0.860. The molecule has 0 saturated heterocycles. The highest BCUT2D eigenvalue weighted by atomic mass is 16.5. The van der Waals surface area contributed by atoms with Gasteiger partial charge < -0.3 is 4.52 Å². The normalized spacial score (nSPS) is 31.3. The second kappa shape index (κ2) is 1.35.